The van der Waals surface area contributed by atoms with Crippen LogP contribution in [0.3, 0.4) is 0 Å². The number of methoxy groups -OCH3 is 1. The highest BCUT2D eigenvalue weighted by Crippen LogP contribution is 2.30. The Labute approximate surface area is 219 Å². The predicted octanol–water partition coefficient (Wildman–Crippen LogP) is 7.87. The van der Waals surface area contributed by atoms with E-state index in [4.69, 9.17) is 9.47 Å². The molecule has 0 atom stereocenters. The molecule has 3 rings (SSSR count). The van der Waals surface area contributed by atoms with E-state index in [0.717, 1.165) is 44.6 Å². The third kappa shape index (κ3) is 7.99. The average Bonchev–Trinajstić information content (AvgIpc) is 2.89. The van der Waals surface area contributed by atoms with Crippen molar-refractivity contribution >= 4 is 12.1 Å². The van der Waals surface area contributed by atoms with Gasteiger partial charge in [0, 0.05) is 17.7 Å². The van der Waals surface area contributed by atoms with Crippen molar-refractivity contribution in [3.8, 4) is 28.4 Å². The Morgan fingerprint density at radius 1 is 0.737 bits per heavy atom. The molecule has 0 saturated heterocycles. The maximum Gasteiger partial charge on any atom is 0.513 e. The molecular weight excluding hydrogens is 501 g/mol. The van der Waals surface area contributed by atoms with Crippen molar-refractivity contribution < 1.29 is 41.7 Å². The van der Waals surface area contributed by atoms with Gasteiger partial charge in [-0.1, -0.05) is 45.1 Å². The van der Waals surface area contributed by atoms with Crippen molar-refractivity contribution in [2.45, 2.75) is 45.4 Å². The molecule has 3 aromatic rings. The van der Waals surface area contributed by atoms with Crippen LogP contribution in [0.1, 0.15) is 55.8 Å². The molecule has 6 nitrogen and oxygen atoms in total. The summed E-state index contributed by atoms with van der Waals surface area (Å²) in [6, 6.07) is 10.8. The van der Waals surface area contributed by atoms with Gasteiger partial charge in [0.1, 0.15) is 23.1 Å². The van der Waals surface area contributed by atoms with Gasteiger partial charge in [-0.3, -0.25) is 0 Å². The van der Waals surface area contributed by atoms with Gasteiger partial charge in [0.15, 0.2) is 11.6 Å². The minimum absolute atomic E-state index is 0.0849. The van der Waals surface area contributed by atoms with Crippen LogP contribution in [0.15, 0.2) is 54.6 Å². The van der Waals surface area contributed by atoms with E-state index in [1.54, 1.807) is 0 Å². The van der Waals surface area contributed by atoms with E-state index in [9.17, 15) is 22.8 Å². The molecule has 0 aromatic heterocycles. The van der Waals surface area contributed by atoms with Gasteiger partial charge in [-0.25, -0.2) is 22.8 Å². The summed E-state index contributed by atoms with van der Waals surface area (Å²) in [7, 11) is 1.09. The highest BCUT2D eigenvalue weighted by molar-refractivity contribution is 5.91. The average molecular weight is 531 g/mol. The summed E-state index contributed by atoms with van der Waals surface area (Å²) < 4.78 is 63.3. The van der Waals surface area contributed by atoms with Crippen LogP contribution in [0.25, 0.3) is 11.1 Å². The van der Waals surface area contributed by atoms with Crippen LogP contribution in [0, 0.1) is 17.5 Å². The van der Waals surface area contributed by atoms with Gasteiger partial charge in [0.2, 0.25) is 0 Å². The normalized spacial score (nSPS) is 10.7. The van der Waals surface area contributed by atoms with Crippen molar-refractivity contribution in [2.75, 3.05) is 13.7 Å². The van der Waals surface area contributed by atoms with Crippen molar-refractivity contribution in [3.63, 3.8) is 0 Å². The van der Waals surface area contributed by atoms with E-state index in [2.05, 4.69) is 16.4 Å². The number of ether oxygens (including phenoxy) is 4. The first-order valence-corrected chi connectivity index (χ1v) is 12.3. The molecule has 0 bridgehead atoms. The number of esters is 1. The molecule has 0 N–H and O–H groups in total. The van der Waals surface area contributed by atoms with Gasteiger partial charge in [0.25, 0.3) is 0 Å². The molecule has 0 radical (unpaired) electrons. The molecule has 0 unspecified atom stereocenters. The topological polar surface area (TPSA) is 71.1 Å². The van der Waals surface area contributed by atoms with Crippen LogP contribution in [-0.4, -0.2) is 25.8 Å². The van der Waals surface area contributed by atoms with Gasteiger partial charge in [-0.05, 0) is 48.4 Å². The zero-order chi connectivity index (χ0) is 27.5. The first-order valence-electron chi connectivity index (χ1n) is 12.3. The molecular formula is C29H29F3O6. The Bertz CT molecular complexity index is 1260. The third-order valence-corrected chi connectivity index (χ3v) is 5.68. The SMILES string of the molecule is CCCCCCCCOc1ccc(-c2ccc(OC(=O)c3ccc(OC(=O)OC)cc3F)cc2F)cc1F. The molecule has 0 fully saturated rings. The van der Waals surface area contributed by atoms with Crippen LogP contribution in [0.4, 0.5) is 18.0 Å². The summed E-state index contributed by atoms with van der Waals surface area (Å²) in [6.45, 7) is 2.56. The lowest BCUT2D eigenvalue weighted by molar-refractivity contribution is 0.0729. The molecule has 38 heavy (non-hydrogen) atoms. The fourth-order valence-corrected chi connectivity index (χ4v) is 3.67. The quantitative estimate of drug-likeness (QED) is 0.103. The van der Waals surface area contributed by atoms with E-state index in [0.29, 0.717) is 6.61 Å². The predicted molar refractivity (Wildman–Crippen MR) is 135 cm³/mol. The van der Waals surface area contributed by atoms with Crippen LogP contribution in [0.5, 0.6) is 17.2 Å². The van der Waals surface area contributed by atoms with E-state index in [1.165, 1.54) is 55.7 Å². The molecule has 9 heteroatoms. The Morgan fingerprint density at radius 3 is 2.11 bits per heavy atom. The zero-order valence-electron chi connectivity index (χ0n) is 21.2. The van der Waals surface area contributed by atoms with Crippen LogP contribution < -0.4 is 14.2 Å². The monoisotopic (exact) mass is 530 g/mol. The number of rotatable bonds is 12. The molecule has 0 aliphatic carbocycles. The maximum atomic E-state index is 14.8. The van der Waals surface area contributed by atoms with Gasteiger partial charge in [-0.15, -0.1) is 0 Å². The summed E-state index contributed by atoms with van der Waals surface area (Å²) in [6.07, 6.45) is 5.48. The number of halogens is 3. The Kier molecular flexibility index (Phi) is 10.6. The molecule has 0 amide bonds. The second-order valence-corrected chi connectivity index (χ2v) is 8.49. The summed E-state index contributed by atoms with van der Waals surface area (Å²) in [5.74, 6) is -3.73. The molecule has 0 aliphatic rings. The molecule has 202 valence electrons. The fourth-order valence-electron chi connectivity index (χ4n) is 3.67. The second kappa shape index (κ2) is 14.1. The lowest BCUT2D eigenvalue weighted by atomic mass is 10.0. The number of carbonyl (C=O) groups is 2. The van der Waals surface area contributed by atoms with Crippen LogP contribution in [0.2, 0.25) is 0 Å². The van der Waals surface area contributed by atoms with E-state index in [1.807, 2.05) is 0 Å². The molecule has 0 heterocycles. The summed E-state index contributed by atoms with van der Waals surface area (Å²) in [4.78, 5) is 23.5. The number of hydrogen-bond acceptors (Lipinski definition) is 6. The molecule has 0 spiro atoms. The smallest absolute Gasteiger partial charge is 0.491 e. The second-order valence-electron chi connectivity index (χ2n) is 8.49. The van der Waals surface area contributed by atoms with Crippen molar-refractivity contribution in [1.29, 1.82) is 0 Å². The maximum absolute atomic E-state index is 14.8. The number of hydrogen-bond donors (Lipinski definition) is 0. The minimum atomic E-state index is -1.09. The van der Waals surface area contributed by atoms with E-state index in [-0.39, 0.29) is 28.4 Å². The first kappa shape index (κ1) is 28.6. The largest absolute Gasteiger partial charge is 0.513 e. The van der Waals surface area contributed by atoms with Gasteiger partial charge in [-0.2, -0.15) is 0 Å². The third-order valence-electron chi connectivity index (χ3n) is 5.68. The standard InChI is InChI=1S/C29H29F3O6/c1-3-4-5-6-7-8-15-36-27-14-9-19(16-26(27)32)22-12-10-20(17-24(22)30)37-28(33)23-13-11-21(18-25(23)31)38-29(34)35-2/h9-14,16-18H,3-8,15H2,1-2H3. The first-order chi connectivity index (χ1) is 18.3. The van der Waals surface area contributed by atoms with Gasteiger partial charge >= 0.3 is 12.1 Å². The Hall–Kier alpha value is -4.01. The molecule has 0 saturated carbocycles. The summed E-state index contributed by atoms with van der Waals surface area (Å²) in [5, 5.41) is 0. The van der Waals surface area contributed by atoms with Crippen LogP contribution >= 0.6 is 0 Å². The number of unbranched alkanes of at least 4 members (excludes halogenated alkanes) is 5. The van der Waals surface area contributed by atoms with Gasteiger partial charge in [0.05, 0.1) is 19.3 Å². The van der Waals surface area contributed by atoms with E-state index >= 15 is 0 Å². The lowest BCUT2D eigenvalue weighted by Gasteiger charge is -2.11. The Morgan fingerprint density at radius 2 is 1.42 bits per heavy atom. The van der Waals surface area contributed by atoms with Crippen molar-refractivity contribution in [1.82, 2.24) is 0 Å². The molecule has 3 aromatic carbocycles. The molecule has 0 aliphatic heterocycles. The van der Waals surface area contributed by atoms with E-state index < -0.39 is 35.1 Å². The number of carbonyl (C=O) groups excluding carboxylic acids is 2. The van der Waals surface area contributed by atoms with Crippen molar-refractivity contribution in [3.05, 3.63) is 77.6 Å². The Balaban J connectivity index is 1.61. The minimum Gasteiger partial charge on any atom is -0.491 e. The summed E-state index contributed by atoms with van der Waals surface area (Å²) >= 11 is 0. The zero-order valence-corrected chi connectivity index (χ0v) is 21.2. The van der Waals surface area contributed by atoms with Gasteiger partial charge < -0.3 is 18.9 Å². The lowest BCUT2D eigenvalue weighted by Crippen LogP contribution is -2.12. The number of benzene rings is 3. The van der Waals surface area contributed by atoms with Crippen molar-refractivity contribution in [2.24, 2.45) is 0 Å². The highest BCUT2D eigenvalue weighted by Gasteiger charge is 2.18. The van der Waals surface area contributed by atoms with Crippen LogP contribution in [-0.2, 0) is 4.74 Å². The summed E-state index contributed by atoms with van der Waals surface area (Å²) in [5.41, 5.74) is -0.0935. The fraction of sp³-hybridized carbons (Fsp3) is 0.310. The highest BCUT2D eigenvalue weighted by atomic mass is 19.1.